The van der Waals surface area contributed by atoms with Crippen molar-refractivity contribution < 1.29 is 28.2 Å². The molecular formula is C24H28FNO5. The Kier molecular flexibility index (Phi) is 6.62. The highest BCUT2D eigenvalue weighted by Gasteiger charge is 2.47. The van der Waals surface area contributed by atoms with E-state index >= 15 is 0 Å². The van der Waals surface area contributed by atoms with Crippen molar-refractivity contribution in [3.63, 3.8) is 0 Å². The second kappa shape index (κ2) is 9.04. The van der Waals surface area contributed by atoms with E-state index < -0.39 is 29.6 Å². The van der Waals surface area contributed by atoms with Crippen LogP contribution in [0, 0.1) is 17.7 Å². The minimum Gasteiger partial charge on any atom is -0.468 e. The predicted octanol–water partition coefficient (Wildman–Crippen LogP) is 3.78. The van der Waals surface area contributed by atoms with Crippen molar-refractivity contribution in [2.24, 2.45) is 11.8 Å². The molecule has 0 bridgehead atoms. The van der Waals surface area contributed by atoms with Crippen molar-refractivity contribution in [1.82, 2.24) is 5.32 Å². The first-order valence-corrected chi connectivity index (χ1v) is 10.5. The van der Waals surface area contributed by atoms with Gasteiger partial charge < -0.3 is 14.8 Å². The van der Waals surface area contributed by atoms with Crippen LogP contribution in [0.5, 0.6) is 0 Å². The number of halogens is 1. The standard InChI is InChI=1S/C24H28FNO5/c1-6-13(3)31-24(29)19-14(4)26-17-11-12(2)18(23(28)30-5)22(27)21(17)20(19)15-7-9-16(25)10-8-15/h7-10,12-13,18,20,26H,6,11H2,1-5H3/t12-,13-,18-,20+/m0/s1. The molecular weight excluding hydrogens is 401 g/mol. The molecule has 1 aliphatic carbocycles. The second-order valence-electron chi connectivity index (χ2n) is 8.21. The van der Waals surface area contributed by atoms with Gasteiger partial charge in [-0.3, -0.25) is 9.59 Å². The van der Waals surface area contributed by atoms with Gasteiger partial charge in [-0.25, -0.2) is 9.18 Å². The highest BCUT2D eigenvalue weighted by molar-refractivity contribution is 6.12. The van der Waals surface area contributed by atoms with Crippen LogP contribution in [0.1, 0.15) is 52.0 Å². The van der Waals surface area contributed by atoms with E-state index in [0.717, 1.165) is 0 Å². The van der Waals surface area contributed by atoms with Crippen LogP contribution in [0.25, 0.3) is 0 Å². The number of carbonyl (C=O) groups is 3. The van der Waals surface area contributed by atoms with Crippen molar-refractivity contribution in [1.29, 1.82) is 0 Å². The maximum absolute atomic E-state index is 13.6. The zero-order valence-corrected chi connectivity index (χ0v) is 18.5. The van der Waals surface area contributed by atoms with E-state index in [0.29, 0.717) is 35.4 Å². The maximum atomic E-state index is 13.6. The summed E-state index contributed by atoms with van der Waals surface area (Å²) in [5.41, 5.74) is 2.46. The third-order valence-electron chi connectivity index (χ3n) is 6.05. The molecule has 166 valence electrons. The molecule has 0 aromatic heterocycles. The molecule has 0 saturated heterocycles. The Bertz CT molecular complexity index is 963. The lowest BCUT2D eigenvalue weighted by atomic mass is 9.69. The van der Waals surface area contributed by atoms with Gasteiger partial charge in [-0.1, -0.05) is 26.0 Å². The Labute approximate surface area is 181 Å². The maximum Gasteiger partial charge on any atom is 0.337 e. The fourth-order valence-electron chi connectivity index (χ4n) is 4.27. The summed E-state index contributed by atoms with van der Waals surface area (Å²) < 4.78 is 24.1. The lowest BCUT2D eigenvalue weighted by Gasteiger charge is -2.38. The third kappa shape index (κ3) is 4.27. The Morgan fingerprint density at radius 1 is 1.26 bits per heavy atom. The number of carbonyl (C=O) groups excluding carboxylic acids is 3. The number of benzene rings is 1. The summed E-state index contributed by atoms with van der Waals surface area (Å²) in [4.78, 5) is 39.0. The molecule has 1 aliphatic heterocycles. The molecule has 1 aromatic carbocycles. The number of Topliss-reactive ketones (excluding diaryl/α,β-unsaturated/α-hetero) is 1. The molecule has 1 aromatic rings. The number of nitrogens with one attached hydrogen (secondary N) is 1. The van der Waals surface area contributed by atoms with Gasteiger partial charge in [0.2, 0.25) is 0 Å². The zero-order valence-electron chi connectivity index (χ0n) is 18.5. The highest BCUT2D eigenvalue weighted by atomic mass is 19.1. The number of dihydropyridines is 1. The lowest BCUT2D eigenvalue weighted by Crippen LogP contribution is -2.43. The first-order valence-electron chi connectivity index (χ1n) is 10.5. The van der Waals surface area contributed by atoms with Gasteiger partial charge in [0.1, 0.15) is 11.7 Å². The van der Waals surface area contributed by atoms with Crippen LogP contribution in [0.3, 0.4) is 0 Å². The molecule has 0 fully saturated rings. The molecule has 4 atom stereocenters. The number of esters is 2. The molecule has 7 heteroatoms. The summed E-state index contributed by atoms with van der Waals surface area (Å²) in [6, 6.07) is 5.69. The first kappa shape index (κ1) is 22.7. The van der Waals surface area contributed by atoms with E-state index in [9.17, 15) is 18.8 Å². The van der Waals surface area contributed by atoms with Crippen molar-refractivity contribution >= 4 is 17.7 Å². The smallest absolute Gasteiger partial charge is 0.337 e. The number of hydrogen-bond acceptors (Lipinski definition) is 6. The monoisotopic (exact) mass is 429 g/mol. The van der Waals surface area contributed by atoms with Gasteiger partial charge in [-0.15, -0.1) is 0 Å². The Morgan fingerprint density at radius 3 is 2.48 bits per heavy atom. The van der Waals surface area contributed by atoms with Crippen LogP contribution in [-0.2, 0) is 23.9 Å². The number of hydrogen-bond donors (Lipinski definition) is 1. The van der Waals surface area contributed by atoms with Gasteiger partial charge in [0.05, 0.1) is 18.8 Å². The minimum atomic E-state index is -0.959. The number of rotatable bonds is 5. The molecule has 3 rings (SSSR count). The second-order valence-corrected chi connectivity index (χ2v) is 8.21. The van der Waals surface area contributed by atoms with E-state index in [2.05, 4.69) is 5.32 Å². The average Bonchev–Trinajstić information content (AvgIpc) is 2.72. The number of ketones is 1. The molecule has 0 spiro atoms. The van der Waals surface area contributed by atoms with Crippen LogP contribution in [0.4, 0.5) is 4.39 Å². The summed E-state index contributed by atoms with van der Waals surface area (Å²) in [6.45, 7) is 7.28. The van der Waals surface area contributed by atoms with Gasteiger partial charge in [-0.2, -0.15) is 0 Å². The van der Waals surface area contributed by atoms with E-state index in [1.165, 1.54) is 19.2 Å². The van der Waals surface area contributed by atoms with Crippen molar-refractivity contribution in [2.75, 3.05) is 7.11 Å². The van der Waals surface area contributed by atoms with Gasteiger partial charge in [0.15, 0.2) is 5.78 Å². The molecule has 0 saturated carbocycles. The molecule has 1 heterocycles. The molecule has 1 N–H and O–H groups in total. The van der Waals surface area contributed by atoms with Crippen LogP contribution >= 0.6 is 0 Å². The van der Waals surface area contributed by atoms with Gasteiger partial charge >= 0.3 is 11.9 Å². The quantitative estimate of drug-likeness (QED) is 0.567. The van der Waals surface area contributed by atoms with Crippen molar-refractivity contribution in [3.05, 3.63) is 58.2 Å². The largest absolute Gasteiger partial charge is 0.468 e. The van der Waals surface area contributed by atoms with Crippen LogP contribution in [0.2, 0.25) is 0 Å². The van der Waals surface area contributed by atoms with E-state index in [4.69, 9.17) is 9.47 Å². The molecule has 31 heavy (non-hydrogen) atoms. The predicted molar refractivity (Wildman–Crippen MR) is 112 cm³/mol. The zero-order chi connectivity index (χ0) is 22.9. The van der Waals surface area contributed by atoms with Gasteiger partial charge in [-0.05, 0) is 50.3 Å². The van der Waals surface area contributed by atoms with Crippen LogP contribution in [0.15, 0.2) is 46.8 Å². The Hall–Kier alpha value is -2.96. The number of allylic oxidation sites excluding steroid dienone is 3. The Balaban J connectivity index is 2.15. The van der Waals surface area contributed by atoms with E-state index in [1.54, 1.807) is 26.0 Å². The fourth-order valence-corrected chi connectivity index (χ4v) is 4.27. The Morgan fingerprint density at radius 2 is 1.90 bits per heavy atom. The van der Waals surface area contributed by atoms with Crippen molar-refractivity contribution in [2.45, 2.75) is 52.6 Å². The molecule has 0 amide bonds. The summed E-state index contributed by atoms with van der Waals surface area (Å²) in [5.74, 6) is -3.94. The first-order chi connectivity index (χ1) is 14.7. The fraction of sp³-hybridized carbons (Fsp3) is 0.458. The number of methoxy groups -OCH3 is 1. The molecule has 0 unspecified atom stereocenters. The van der Waals surface area contributed by atoms with Crippen molar-refractivity contribution in [3.8, 4) is 0 Å². The number of ether oxygens (including phenoxy) is 2. The van der Waals surface area contributed by atoms with Crippen LogP contribution in [-0.4, -0.2) is 30.9 Å². The summed E-state index contributed by atoms with van der Waals surface area (Å²) in [6.07, 6.45) is 0.785. The SMILES string of the molecule is CC[C@H](C)OC(=O)C1=C(C)NC2=C(C(=O)[C@@H](C(=O)OC)[C@@H](C)C2)[C@@H]1c1ccc(F)cc1. The summed E-state index contributed by atoms with van der Waals surface area (Å²) in [7, 11) is 1.25. The highest BCUT2D eigenvalue weighted by Crippen LogP contribution is 2.45. The third-order valence-corrected chi connectivity index (χ3v) is 6.05. The van der Waals surface area contributed by atoms with Gasteiger partial charge in [0, 0.05) is 22.9 Å². The summed E-state index contributed by atoms with van der Waals surface area (Å²) >= 11 is 0. The molecule has 2 aliphatic rings. The normalized spacial score (nSPS) is 24.3. The van der Waals surface area contributed by atoms with E-state index in [1.807, 2.05) is 13.8 Å². The minimum absolute atomic E-state index is 0.263. The topological polar surface area (TPSA) is 81.7 Å². The van der Waals surface area contributed by atoms with Crippen LogP contribution < -0.4 is 5.32 Å². The van der Waals surface area contributed by atoms with Gasteiger partial charge in [0.25, 0.3) is 0 Å². The molecule has 6 nitrogen and oxygen atoms in total. The average molecular weight is 429 g/mol. The molecule has 0 radical (unpaired) electrons. The lowest BCUT2D eigenvalue weighted by molar-refractivity contribution is -0.151. The summed E-state index contributed by atoms with van der Waals surface area (Å²) in [5, 5.41) is 3.20. The van der Waals surface area contributed by atoms with E-state index in [-0.39, 0.29) is 23.4 Å².